The van der Waals surface area contributed by atoms with Gasteiger partial charge in [0.25, 0.3) is 0 Å². The predicted octanol–water partition coefficient (Wildman–Crippen LogP) is 3.51. The Morgan fingerprint density at radius 1 is 1.18 bits per heavy atom. The molecule has 0 unspecified atom stereocenters. The Labute approximate surface area is 171 Å². The molecule has 2 aromatic heterocycles. The minimum Gasteiger partial charge on any atom is -0.493 e. The minimum absolute atomic E-state index is 0.147. The van der Waals surface area contributed by atoms with Crippen LogP contribution in [-0.2, 0) is 17.8 Å². The molecule has 0 bridgehead atoms. The number of para-hydroxylation sites is 1. The zero-order valence-corrected chi connectivity index (χ0v) is 17.6. The van der Waals surface area contributed by atoms with Crippen LogP contribution < -0.4 is 10.1 Å². The lowest BCUT2D eigenvalue weighted by molar-refractivity contribution is -0.113. The molecule has 148 valence electrons. The van der Waals surface area contributed by atoms with Crippen LogP contribution in [0.25, 0.3) is 11.4 Å². The number of carbonyl (C=O) groups is 1. The molecule has 1 N–H and O–H groups in total. The monoisotopic (exact) mass is 418 g/mol. The third-order valence-corrected chi connectivity index (χ3v) is 5.76. The summed E-state index contributed by atoms with van der Waals surface area (Å²) in [4.78, 5) is 12.2. The third-order valence-electron chi connectivity index (χ3n) is 3.81. The Kier molecular flexibility index (Phi) is 6.99. The van der Waals surface area contributed by atoms with Crippen LogP contribution in [0.2, 0.25) is 0 Å². The van der Waals surface area contributed by atoms with E-state index in [1.165, 1.54) is 23.1 Å². The second-order valence-corrected chi connectivity index (χ2v) is 7.68. The van der Waals surface area contributed by atoms with Crippen LogP contribution in [0.15, 0.2) is 29.4 Å². The number of anilines is 1. The summed E-state index contributed by atoms with van der Waals surface area (Å²) >= 11 is 2.73. The summed E-state index contributed by atoms with van der Waals surface area (Å²) in [5.41, 5.74) is 0.885. The van der Waals surface area contributed by atoms with Gasteiger partial charge in [-0.15, -0.1) is 20.4 Å². The van der Waals surface area contributed by atoms with Crippen molar-refractivity contribution in [2.75, 3.05) is 17.7 Å². The molecule has 2 heterocycles. The summed E-state index contributed by atoms with van der Waals surface area (Å²) in [7, 11) is 0. The average Bonchev–Trinajstić information content (AvgIpc) is 3.33. The highest BCUT2D eigenvalue weighted by Crippen LogP contribution is 2.31. The number of aryl methyl sites for hydroxylation is 1. The highest BCUT2D eigenvalue weighted by Gasteiger charge is 2.18. The van der Waals surface area contributed by atoms with Gasteiger partial charge in [-0.3, -0.25) is 10.1 Å². The quantitative estimate of drug-likeness (QED) is 0.531. The van der Waals surface area contributed by atoms with Gasteiger partial charge in [-0.25, -0.2) is 0 Å². The molecular formula is C18H22N6O2S2. The van der Waals surface area contributed by atoms with Gasteiger partial charge in [-0.05, 0) is 32.4 Å². The summed E-state index contributed by atoms with van der Waals surface area (Å²) in [6.07, 6.45) is 0.799. The molecule has 3 aromatic rings. The summed E-state index contributed by atoms with van der Waals surface area (Å²) in [5, 5.41) is 21.5. The van der Waals surface area contributed by atoms with Gasteiger partial charge in [-0.2, -0.15) is 0 Å². The van der Waals surface area contributed by atoms with Crippen LogP contribution >= 0.6 is 23.1 Å². The molecule has 0 radical (unpaired) electrons. The standard InChI is InChI=1S/C18H22N6O2S2/c1-4-15-20-22-17(28-15)19-14(25)11-27-18-23-21-16(24(18)5-2)12-9-7-8-10-13(12)26-6-3/h7-10H,4-6,11H2,1-3H3,(H,19,22,25). The van der Waals surface area contributed by atoms with Gasteiger partial charge in [0.2, 0.25) is 11.0 Å². The highest BCUT2D eigenvalue weighted by molar-refractivity contribution is 7.99. The van der Waals surface area contributed by atoms with Crippen molar-refractivity contribution in [3.05, 3.63) is 29.3 Å². The maximum Gasteiger partial charge on any atom is 0.236 e. The fourth-order valence-corrected chi connectivity index (χ4v) is 4.04. The van der Waals surface area contributed by atoms with Crippen molar-refractivity contribution in [3.63, 3.8) is 0 Å². The molecule has 1 aromatic carbocycles. The van der Waals surface area contributed by atoms with E-state index in [0.29, 0.717) is 23.4 Å². The first-order valence-electron chi connectivity index (χ1n) is 9.06. The van der Waals surface area contributed by atoms with E-state index in [-0.39, 0.29) is 11.7 Å². The van der Waals surface area contributed by atoms with E-state index >= 15 is 0 Å². The maximum absolute atomic E-state index is 12.2. The van der Waals surface area contributed by atoms with Crippen molar-refractivity contribution in [2.45, 2.75) is 38.9 Å². The summed E-state index contributed by atoms with van der Waals surface area (Å²) in [6, 6.07) is 7.75. The van der Waals surface area contributed by atoms with Gasteiger partial charge >= 0.3 is 0 Å². The van der Waals surface area contributed by atoms with Crippen LogP contribution in [0.5, 0.6) is 5.75 Å². The van der Waals surface area contributed by atoms with Gasteiger partial charge in [0.15, 0.2) is 11.0 Å². The fraction of sp³-hybridized carbons (Fsp3) is 0.389. The number of rotatable bonds is 9. The molecule has 0 saturated carbocycles. The fourth-order valence-electron chi connectivity index (χ4n) is 2.54. The van der Waals surface area contributed by atoms with E-state index < -0.39 is 0 Å². The number of hydrogen-bond acceptors (Lipinski definition) is 8. The van der Waals surface area contributed by atoms with E-state index in [2.05, 4.69) is 25.7 Å². The van der Waals surface area contributed by atoms with E-state index in [9.17, 15) is 4.79 Å². The van der Waals surface area contributed by atoms with Crippen LogP contribution in [0, 0.1) is 0 Å². The smallest absolute Gasteiger partial charge is 0.236 e. The molecule has 0 aliphatic carbocycles. The number of nitrogens with one attached hydrogen (secondary N) is 1. The number of ether oxygens (including phenoxy) is 1. The number of carbonyl (C=O) groups excluding carboxylic acids is 1. The minimum atomic E-state index is -0.147. The van der Waals surface area contributed by atoms with E-state index in [1.54, 1.807) is 0 Å². The Morgan fingerprint density at radius 3 is 2.71 bits per heavy atom. The zero-order valence-electron chi connectivity index (χ0n) is 16.0. The normalized spacial score (nSPS) is 10.8. The molecular weight excluding hydrogens is 396 g/mol. The number of hydrogen-bond donors (Lipinski definition) is 1. The van der Waals surface area contributed by atoms with Gasteiger partial charge in [0, 0.05) is 6.54 Å². The first-order valence-corrected chi connectivity index (χ1v) is 10.9. The molecule has 3 rings (SSSR count). The Balaban J connectivity index is 1.71. The van der Waals surface area contributed by atoms with E-state index in [1.807, 2.05) is 49.6 Å². The molecule has 0 saturated heterocycles. The first kappa shape index (κ1) is 20.3. The first-order chi connectivity index (χ1) is 13.7. The molecule has 10 heteroatoms. The van der Waals surface area contributed by atoms with Crippen LogP contribution in [0.1, 0.15) is 25.8 Å². The number of benzene rings is 1. The molecule has 0 aliphatic rings. The SMILES string of the molecule is CCOc1ccccc1-c1nnc(SCC(=O)Nc2nnc(CC)s2)n1CC. The number of nitrogens with zero attached hydrogens (tertiary/aromatic N) is 5. The summed E-state index contributed by atoms with van der Waals surface area (Å²) in [5.74, 6) is 1.56. The lowest BCUT2D eigenvalue weighted by Crippen LogP contribution is -2.14. The second-order valence-electron chi connectivity index (χ2n) is 5.67. The molecule has 0 fully saturated rings. The summed E-state index contributed by atoms with van der Waals surface area (Å²) < 4.78 is 7.69. The van der Waals surface area contributed by atoms with Crippen molar-refractivity contribution >= 4 is 34.1 Å². The number of thioether (sulfide) groups is 1. The van der Waals surface area contributed by atoms with Crippen molar-refractivity contribution in [3.8, 4) is 17.1 Å². The Morgan fingerprint density at radius 2 is 2.00 bits per heavy atom. The number of amides is 1. The van der Waals surface area contributed by atoms with E-state index in [0.717, 1.165) is 28.6 Å². The van der Waals surface area contributed by atoms with Gasteiger partial charge in [-0.1, -0.05) is 42.2 Å². The van der Waals surface area contributed by atoms with Gasteiger partial charge < -0.3 is 9.30 Å². The molecule has 8 nitrogen and oxygen atoms in total. The predicted molar refractivity (Wildman–Crippen MR) is 111 cm³/mol. The van der Waals surface area contributed by atoms with Crippen molar-refractivity contribution in [2.24, 2.45) is 0 Å². The summed E-state index contributed by atoms with van der Waals surface area (Å²) in [6.45, 7) is 7.23. The molecule has 0 spiro atoms. The maximum atomic E-state index is 12.2. The van der Waals surface area contributed by atoms with Crippen molar-refractivity contribution in [1.82, 2.24) is 25.0 Å². The number of aromatic nitrogens is 5. The van der Waals surface area contributed by atoms with Crippen LogP contribution in [-0.4, -0.2) is 43.2 Å². The topological polar surface area (TPSA) is 94.8 Å². The van der Waals surface area contributed by atoms with Crippen molar-refractivity contribution < 1.29 is 9.53 Å². The lowest BCUT2D eigenvalue weighted by Gasteiger charge is -2.11. The molecule has 28 heavy (non-hydrogen) atoms. The third kappa shape index (κ3) is 4.68. The van der Waals surface area contributed by atoms with Crippen LogP contribution in [0.4, 0.5) is 5.13 Å². The molecule has 0 atom stereocenters. The molecule has 0 aliphatic heterocycles. The van der Waals surface area contributed by atoms with Gasteiger partial charge in [0.1, 0.15) is 10.8 Å². The van der Waals surface area contributed by atoms with Gasteiger partial charge in [0.05, 0.1) is 17.9 Å². The van der Waals surface area contributed by atoms with Crippen molar-refractivity contribution in [1.29, 1.82) is 0 Å². The zero-order chi connectivity index (χ0) is 19.9. The second kappa shape index (κ2) is 9.65. The average molecular weight is 419 g/mol. The lowest BCUT2D eigenvalue weighted by atomic mass is 10.2. The Hall–Kier alpha value is -2.46. The largest absolute Gasteiger partial charge is 0.493 e. The van der Waals surface area contributed by atoms with Crippen LogP contribution in [0.3, 0.4) is 0 Å². The van der Waals surface area contributed by atoms with E-state index in [4.69, 9.17) is 4.74 Å². The highest BCUT2D eigenvalue weighted by atomic mass is 32.2. The Bertz CT molecular complexity index is 940. The molecule has 1 amide bonds.